The molecule has 0 atom stereocenters. The Bertz CT molecular complexity index is 1110. The Morgan fingerprint density at radius 1 is 1.03 bits per heavy atom. The van der Waals surface area contributed by atoms with E-state index in [1.807, 2.05) is 6.07 Å². The molecular weight excluding hydrogens is 494 g/mol. The molecule has 2 N–H and O–H groups in total. The summed E-state index contributed by atoms with van der Waals surface area (Å²) in [6.07, 6.45) is 9.43. The van der Waals surface area contributed by atoms with E-state index in [2.05, 4.69) is 17.6 Å². The van der Waals surface area contributed by atoms with Crippen LogP contribution in [0.25, 0.3) is 0 Å². The zero-order valence-corrected chi connectivity index (χ0v) is 22.8. The lowest BCUT2D eigenvalue weighted by Crippen LogP contribution is -2.38. The molecule has 2 aromatic rings. The van der Waals surface area contributed by atoms with E-state index in [0.717, 1.165) is 51.4 Å². The van der Waals surface area contributed by atoms with Gasteiger partial charge in [0, 0.05) is 18.8 Å². The van der Waals surface area contributed by atoms with Crippen molar-refractivity contribution in [2.24, 2.45) is 0 Å². The third-order valence-electron chi connectivity index (χ3n) is 6.49. The summed E-state index contributed by atoms with van der Waals surface area (Å²) in [5.41, 5.74) is 0.990. The number of sulfonamides is 1. The van der Waals surface area contributed by atoms with Gasteiger partial charge in [0.1, 0.15) is 5.75 Å². The number of carbonyl (C=O) groups excluding carboxylic acids is 1. The number of anilines is 1. The molecule has 7 nitrogen and oxygen atoms in total. The van der Waals surface area contributed by atoms with Crippen molar-refractivity contribution >= 4 is 38.9 Å². The lowest BCUT2D eigenvalue weighted by molar-refractivity contribution is 0.0973. The quantitative estimate of drug-likeness (QED) is 0.285. The number of rotatable bonds is 11. The molecule has 1 aliphatic carbocycles. The summed E-state index contributed by atoms with van der Waals surface area (Å²) in [7, 11) is -1.91. The van der Waals surface area contributed by atoms with Crippen LogP contribution in [-0.4, -0.2) is 43.4 Å². The second-order valence-electron chi connectivity index (χ2n) is 9.15. The molecule has 36 heavy (non-hydrogen) atoms. The number of nitrogens with zero attached hydrogens (tertiary/aromatic N) is 1. The molecule has 0 radical (unpaired) electrons. The van der Waals surface area contributed by atoms with Gasteiger partial charge < -0.3 is 10.1 Å². The van der Waals surface area contributed by atoms with Crippen LogP contribution in [0.1, 0.15) is 75.1 Å². The first-order valence-electron chi connectivity index (χ1n) is 12.7. The molecule has 0 unspecified atom stereocenters. The maximum Gasteiger partial charge on any atom is 0.261 e. The average Bonchev–Trinajstić information content (AvgIpc) is 2.89. The van der Waals surface area contributed by atoms with E-state index in [1.165, 1.54) is 10.7 Å². The number of benzene rings is 2. The molecule has 0 saturated heterocycles. The molecular formula is C27H37N3O4S2. The fourth-order valence-corrected chi connectivity index (χ4v) is 5.97. The largest absolute Gasteiger partial charge is 0.493 e. The van der Waals surface area contributed by atoms with Gasteiger partial charge in [0.25, 0.3) is 5.91 Å². The number of thiocarbonyl (C=S) groups is 1. The van der Waals surface area contributed by atoms with Crippen LogP contribution in [0.3, 0.4) is 0 Å². The van der Waals surface area contributed by atoms with Crippen LogP contribution in [0.5, 0.6) is 5.75 Å². The first kappa shape index (κ1) is 28.1. The highest BCUT2D eigenvalue weighted by atomic mass is 32.2. The molecule has 196 valence electrons. The maximum absolute atomic E-state index is 13.0. The van der Waals surface area contributed by atoms with Gasteiger partial charge in [-0.25, -0.2) is 8.42 Å². The van der Waals surface area contributed by atoms with Crippen LogP contribution in [0, 0.1) is 0 Å². The molecule has 0 bridgehead atoms. The van der Waals surface area contributed by atoms with Crippen molar-refractivity contribution < 1.29 is 17.9 Å². The van der Waals surface area contributed by atoms with E-state index in [1.54, 1.807) is 49.5 Å². The minimum atomic E-state index is -3.57. The predicted molar refractivity (Wildman–Crippen MR) is 148 cm³/mol. The highest BCUT2D eigenvalue weighted by Gasteiger charge is 2.29. The summed E-state index contributed by atoms with van der Waals surface area (Å²) < 4.78 is 33.4. The van der Waals surface area contributed by atoms with Crippen LogP contribution in [0.15, 0.2) is 53.4 Å². The molecule has 9 heteroatoms. The average molecular weight is 532 g/mol. The van der Waals surface area contributed by atoms with E-state index in [0.29, 0.717) is 23.6 Å². The van der Waals surface area contributed by atoms with Crippen LogP contribution < -0.4 is 15.4 Å². The summed E-state index contributed by atoms with van der Waals surface area (Å²) in [6, 6.07) is 13.5. The monoisotopic (exact) mass is 531 g/mol. The zero-order valence-electron chi connectivity index (χ0n) is 21.2. The standard InChI is InChI=1S/C27H37N3O4S2/c1-3-4-5-11-20-34-25-15-10-9-14-24(25)26(31)29-27(35)28-21-16-18-23(19-17-21)36(32,33)30(2)22-12-7-6-8-13-22/h9-10,14-19,22H,3-8,11-13,20H2,1-2H3,(H2,28,29,31,35). The lowest BCUT2D eigenvalue weighted by atomic mass is 9.96. The van der Waals surface area contributed by atoms with Crippen LogP contribution in [0.4, 0.5) is 5.69 Å². The van der Waals surface area contributed by atoms with Crippen molar-refractivity contribution in [3.63, 3.8) is 0 Å². The number of ether oxygens (including phenoxy) is 1. The first-order valence-corrected chi connectivity index (χ1v) is 14.6. The second kappa shape index (κ2) is 13.7. The highest BCUT2D eigenvalue weighted by molar-refractivity contribution is 7.89. The Morgan fingerprint density at radius 3 is 2.42 bits per heavy atom. The van der Waals surface area contributed by atoms with Crippen LogP contribution >= 0.6 is 12.2 Å². The molecule has 0 aromatic heterocycles. The summed E-state index contributed by atoms with van der Waals surface area (Å²) in [5, 5.41) is 5.74. The van der Waals surface area contributed by atoms with Crippen molar-refractivity contribution in [1.29, 1.82) is 0 Å². The van der Waals surface area contributed by atoms with E-state index < -0.39 is 10.0 Å². The minimum absolute atomic E-state index is 0.0486. The first-order chi connectivity index (χ1) is 17.3. The van der Waals surface area contributed by atoms with Crippen molar-refractivity contribution in [2.45, 2.75) is 75.6 Å². The molecule has 0 heterocycles. The number of para-hydroxylation sites is 1. The van der Waals surface area contributed by atoms with Crippen molar-refractivity contribution in [3.05, 3.63) is 54.1 Å². The van der Waals surface area contributed by atoms with Gasteiger partial charge in [-0.2, -0.15) is 4.31 Å². The Labute approximate surface area is 220 Å². The van der Waals surface area contributed by atoms with Gasteiger partial charge in [-0.3, -0.25) is 10.1 Å². The summed E-state index contributed by atoms with van der Waals surface area (Å²) in [4.78, 5) is 13.0. The third-order valence-corrected chi connectivity index (χ3v) is 8.62. The number of hydrogen-bond donors (Lipinski definition) is 2. The number of hydrogen-bond acceptors (Lipinski definition) is 5. The van der Waals surface area contributed by atoms with Crippen LogP contribution in [0.2, 0.25) is 0 Å². The number of nitrogens with one attached hydrogen (secondary N) is 2. The fourth-order valence-electron chi connectivity index (χ4n) is 4.34. The molecule has 0 aliphatic heterocycles. The van der Waals surface area contributed by atoms with E-state index in [-0.39, 0.29) is 22.0 Å². The van der Waals surface area contributed by atoms with Gasteiger partial charge >= 0.3 is 0 Å². The Hall–Kier alpha value is -2.49. The van der Waals surface area contributed by atoms with E-state index >= 15 is 0 Å². The van der Waals surface area contributed by atoms with Gasteiger partial charge in [0.15, 0.2) is 5.11 Å². The van der Waals surface area contributed by atoms with E-state index in [4.69, 9.17) is 17.0 Å². The number of unbranched alkanes of at least 4 members (excludes halogenated alkanes) is 3. The molecule has 2 aromatic carbocycles. The Balaban J connectivity index is 1.56. The fraction of sp³-hybridized carbons (Fsp3) is 0.481. The van der Waals surface area contributed by atoms with Gasteiger partial charge in [-0.05, 0) is 67.9 Å². The van der Waals surface area contributed by atoms with Crippen LogP contribution in [-0.2, 0) is 10.0 Å². The molecule has 1 saturated carbocycles. The Morgan fingerprint density at radius 2 is 1.72 bits per heavy atom. The third kappa shape index (κ3) is 7.75. The molecule has 3 rings (SSSR count). The summed E-state index contributed by atoms with van der Waals surface area (Å²) in [6.45, 7) is 2.71. The highest BCUT2D eigenvalue weighted by Crippen LogP contribution is 2.27. The van der Waals surface area contributed by atoms with E-state index in [9.17, 15) is 13.2 Å². The molecule has 1 fully saturated rings. The molecule has 1 amide bonds. The summed E-state index contributed by atoms with van der Waals surface area (Å²) >= 11 is 5.31. The zero-order chi connectivity index (χ0) is 26.0. The second-order valence-corrected chi connectivity index (χ2v) is 11.6. The smallest absolute Gasteiger partial charge is 0.261 e. The number of amides is 1. The minimum Gasteiger partial charge on any atom is -0.493 e. The molecule has 1 aliphatic rings. The summed E-state index contributed by atoms with van der Waals surface area (Å²) in [5.74, 6) is 0.149. The topological polar surface area (TPSA) is 87.7 Å². The predicted octanol–water partition coefficient (Wildman–Crippen LogP) is 5.73. The maximum atomic E-state index is 13.0. The van der Waals surface area contributed by atoms with Crippen molar-refractivity contribution in [1.82, 2.24) is 9.62 Å². The SMILES string of the molecule is CCCCCCOc1ccccc1C(=O)NC(=S)Nc1ccc(S(=O)(=O)N(C)C2CCCCC2)cc1. The van der Waals surface area contributed by atoms with Crippen molar-refractivity contribution in [2.75, 3.05) is 19.0 Å². The van der Waals surface area contributed by atoms with Gasteiger partial charge in [0.2, 0.25) is 10.0 Å². The van der Waals surface area contributed by atoms with Crippen molar-refractivity contribution in [3.8, 4) is 5.75 Å². The van der Waals surface area contributed by atoms with Gasteiger partial charge in [-0.15, -0.1) is 0 Å². The lowest BCUT2D eigenvalue weighted by Gasteiger charge is -2.30. The number of carbonyl (C=O) groups is 1. The normalized spacial score (nSPS) is 14.4. The van der Waals surface area contributed by atoms with Gasteiger partial charge in [-0.1, -0.05) is 57.6 Å². The molecule has 0 spiro atoms. The Kier molecular flexibility index (Phi) is 10.7. The van der Waals surface area contributed by atoms with Gasteiger partial charge in [0.05, 0.1) is 17.1 Å².